The number of ether oxygens (including phenoxy) is 5. The maximum absolute atomic E-state index is 11.8. The molecule has 31 heavy (non-hydrogen) atoms. The second kappa shape index (κ2) is 10.4. The maximum Gasteiger partial charge on any atom is 0.508 e. The molecule has 0 aliphatic carbocycles. The molecule has 1 amide bonds. The van der Waals surface area contributed by atoms with Crippen LogP contribution in [0.3, 0.4) is 0 Å². The van der Waals surface area contributed by atoms with Gasteiger partial charge in [-0.1, -0.05) is 30.3 Å². The summed E-state index contributed by atoms with van der Waals surface area (Å²) in [5.74, 6) is -1.30. The first-order valence-electron chi connectivity index (χ1n) is 9.69. The second-order valence-corrected chi connectivity index (χ2v) is 7.24. The van der Waals surface area contributed by atoms with Crippen molar-refractivity contribution in [3.63, 3.8) is 0 Å². The van der Waals surface area contributed by atoms with Gasteiger partial charge in [-0.15, -0.1) is 0 Å². The van der Waals surface area contributed by atoms with E-state index < -0.39 is 48.7 Å². The van der Waals surface area contributed by atoms with Gasteiger partial charge in [-0.2, -0.15) is 5.10 Å². The first kappa shape index (κ1) is 22.7. The molecule has 12 nitrogen and oxygen atoms in total. The molecule has 1 aromatic rings. The standard InChI is InChI=1S/C19H27N5O7/c1-24(2)8-9-27-19(26)28-10-12-13-14(17(29-12)23-22-15(20)16(21)25)31-18(30-13)11-6-4-3-5-7-11/h3-7,12-14,17-18,23H,8-10H2,1-2H3,(H2,20,22)(H2,21,25)/t12?,13?,14-,17?,18?/m1/s1. The Morgan fingerprint density at radius 3 is 2.48 bits per heavy atom. The van der Waals surface area contributed by atoms with Gasteiger partial charge in [-0.3, -0.25) is 10.2 Å². The quantitative estimate of drug-likeness (QED) is 0.204. The fourth-order valence-electron chi connectivity index (χ4n) is 3.06. The normalized spacial score (nSPS) is 27.7. The van der Waals surface area contributed by atoms with Gasteiger partial charge < -0.3 is 40.1 Å². The number of rotatable bonds is 8. The number of likely N-dealkylation sites (N-methyl/N-ethyl adjacent to an activating group) is 1. The van der Waals surface area contributed by atoms with E-state index in [1.165, 1.54) is 0 Å². The molecule has 170 valence electrons. The van der Waals surface area contributed by atoms with Crippen LogP contribution in [0.4, 0.5) is 4.79 Å². The van der Waals surface area contributed by atoms with Crippen molar-refractivity contribution in [2.45, 2.75) is 30.8 Å². The number of amidine groups is 1. The van der Waals surface area contributed by atoms with Crippen LogP contribution in [-0.2, 0) is 28.5 Å². The van der Waals surface area contributed by atoms with Crippen molar-refractivity contribution in [2.75, 3.05) is 33.9 Å². The minimum absolute atomic E-state index is 0.125. The lowest BCUT2D eigenvalue weighted by Crippen LogP contribution is -2.40. The molecular weight excluding hydrogens is 410 g/mol. The van der Waals surface area contributed by atoms with Crippen LogP contribution in [0.15, 0.2) is 35.4 Å². The molecule has 0 spiro atoms. The number of fused-ring (bicyclic) bond motifs is 1. The Morgan fingerprint density at radius 1 is 1.10 bits per heavy atom. The summed E-state index contributed by atoms with van der Waals surface area (Å²) in [6.07, 6.45) is -4.10. The maximum atomic E-state index is 11.8. The van der Waals surface area contributed by atoms with Gasteiger partial charge in [-0.25, -0.2) is 4.79 Å². The molecule has 12 heteroatoms. The van der Waals surface area contributed by atoms with E-state index in [1.807, 2.05) is 49.3 Å². The zero-order valence-electron chi connectivity index (χ0n) is 17.3. The van der Waals surface area contributed by atoms with Gasteiger partial charge in [0.2, 0.25) is 5.84 Å². The topological polar surface area (TPSA) is 160 Å². The van der Waals surface area contributed by atoms with Gasteiger partial charge in [0.1, 0.15) is 31.5 Å². The summed E-state index contributed by atoms with van der Waals surface area (Å²) < 4.78 is 28.0. The third-order valence-electron chi connectivity index (χ3n) is 4.63. The third kappa shape index (κ3) is 6.04. The number of nitrogens with zero attached hydrogens (tertiary/aromatic N) is 2. The molecule has 0 saturated carbocycles. The summed E-state index contributed by atoms with van der Waals surface area (Å²) >= 11 is 0. The Kier molecular flexibility index (Phi) is 7.63. The van der Waals surface area contributed by atoms with E-state index in [2.05, 4.69) is 10.5 Å². The molecule has 0 bridgehead atoms. The van der Waals surface area contributed by atoms with Crippen LogP contribution in [0.2, 0.25) is 0 Å². The number of carbonyl (C=O) groups excluding carboxylic acids is 2. The summed E-state index contributed by atoms with van der Waals surface area (Å²) in [6, 6.07) is 9.35. The van der Waals surface area contributed by atoms with E-state index in [-0.39, 0.29) is 13.2 Å². The average molecular weight is 437 g/mol. The van der Waals surface area contributed by atoms with E-state index >= 15 is 0 Å². The highest BCUT2D eigenvalue weighted by molar-refractivity contribution is 6.36. The number of nitrogens with two attached hydrogens (primary N) is 2. The van der Waals surface area contributed by atoms with Gasteiger partial charge in [0.25, 0.3) is 5.91 Å². The van der Waals surface area contributed by atoms with E-state index in [1.54, 1.807) is 0 Å². The van der Waals surface area contributed by atoms with E-state index in [9.17, 15) is 9.59 Å². The summed E-state index contributed by atoms with van der Waals surface area (Å²) in [6.45, 7) is 0.644. The Bertz CT molecular complexity index is 791. The van der Waals surface area contributed by atoms with Crippen LogP contribution in [0.25, 0.3) is 0 Å². The summed E-state index contributed by atoms with van der Waals surface area (Å²) in [7, 11) is 3.73. The summed E-state index contributed by atoms with van der Waals surface area (Å²) in [4.78, 5) is 24.8. The monoisotopic (exact) mass is 437 g/mol. The summed E-state index contributed by atoms with van der Waals surface area (Å²) in [5, 5.41) is 3.72. The first-order valence-corrected chi connectivity index (χ1v) is 9.69. The lowest BCUT2D eigenvalue weighted by Gasteiger charge is -2.20. The average Bonchev–Trinajstić information content (AvgIpc) is 3.31. The van der Waals surface area contributed by atoms with Gasteiger partial charge >= 0.3 is 6.16 Å². The molecule has 3 rings (SSSR count). The van der Waals surface area contributed by atoms with Crippen molar-refractivity contribution in [2.24, 2.45) is 16.6 Å². The summed E-state index contributed by atoms with van der Waals surface area (Å²) in [5.41, 5.74) is 14.0. The third-order valence-corrected chi connectivity index (χ3v) is 4.63. The van der Waals surface area contributed by atoms with E-state index in [0.29, 0.717) is 6.54 Å². The van der Waals surface area contributed by atoms with E-state index in [4.69, 9.17) is 35.2 Å². The minimum Gasteiger partial charge on any atom is -0.433 e. The fourth-order valence-corrected chi connectivity index (χ4v) is 3.06. The Balaban J connectivity index is 1.63. The van der Waals surface area contributed by atoms with Crippen LogP contribution in [0.5, 0.6) is 0 Å². The molecule has 2 aliphatic rings. The van der Waals surface area contributed by atoms with Crippen LogP contribution >= 0.6 is 0 Å². The Morgan fingerprint density at radius 2 is 1.81 bits per heavy atom. The van der Waals surface area contributed by atoms with E-state index in [0.717, 1.165) is 5.56 Å². The SMILES string of the molecule is CN(C)CCOC(=O)OCC1OC(N/N=C(\N)C(N)=O)[C@@H]2OC(c3ccccc3)OC12. The van der Waals surface area contributed by atoms with Gasteiger partial charge in [-0.05, 0) is 14.1 Å². The van der Waals surface area contributed by atoms with Gasteiger partial charge in [0.15, 0.2) is 12.5 Å². The van der Waals surface area contributed by atoms with Gasteiger partial charge in [0.05, 0.1) is 0 Å². The number of hydrogen-bond acceptors (Lipinski definition) is 10. The minimum atomic E-state index is -0.881. The number of amides is 1. The van der Waals surface area contributed by atoms with Crippen LogP contribution in [0, 0.1) is 0 Å². The number of hydrazone groups is 1. The largest absolute Gasteiger partial charge is 0.508 e. The highest BCUT2D eigenvalue weighted by Gasteiger charge is 2.53. The van der Waals surface area contributed by atoms with Crippen LogP contribution in [-0.4, -0.2) is 81.2 Å². The van der Waals surface area contributed by atoms with Crippen LogP contribution < -0.4 is 16.9 Å². The Hall–Kier alpha value is -2.93. The van der Waals surface area contributed by atoms with Crippen LogP contribution in [0.1, 0.15) is 11.9 Å². The second-order valence-electron chi connectivity index (χ2n) is 7.24. The van der Waals surface area contributed by atoms with Crippen molar-refractivity contribution >= 4 is 17.9 Å². The molecule has 2 saturated heterocycles. The Labute approximate surface area is 179 Å². The molecule has 2 fully saturated rings. The molecule has 0 aromatic heterocycles. The first-order chi connectivity index (χ1) is 14.8. The lowest BCUT2D eigenvalue weighted by molar-refractivity contribution is -0.145. The smallest absolute Gasteiger partial charge is 0.433 e. The molecule has 0 radical (unpaired) electrons. The predicted octanol–water partition coefficient (Wildman–Crippen LogP) is -0.744. The van der Waals surface area contributed by atoms with Crippen molar-refractivity contribution in [3.8, 4) is 0 Å². The number of primary amides is 1. The van der Waals surface area contributed by atoms with Crippen molar-refractivity contribution < 1.29 is 33.3 Å². The van der Waals surface area contributed by atoms with Crippen molar-refractivity contribution in [1.82, 2.24) is 10.3 Å². The number of benzene rings is 1. The molecule has 4 unspecified atom stereocenters. The zero-order valence-corrected chi connectivity index (χ0v) is 17.3. The fraction of sp³-hybridized carbons (Fsp3) is 0.526. The number of carbonyl (C=O) groups is 2. The highest BCUT2D eigenvalue weighted by atomic mass is 16.8. The van der Waals surface area contributed by atoms with Crippen molar-refractivity contribution in [1.29, 1.82) is 0 Å². The van der Waals surface area contributed by atoms with Gasteiger partial charge in [0, 0.05) is 12.1 Å². The number of nitrogens with one attached hydrogen (secondary N) is 1. The highest BCUT2D eigenvalue weighted by Crippen LogP contribution is 2.39. The number of hydrogen-bond donors (Lipinski definition) is 3. The molecule has 5 N–H and O–H groups in total. The molecule has 2 aliphatic heterocycles. The molecule has 5 atom stereocenters. The lowest BCUT2D eigenvalue weighted by atomic mass is 10.1. The molecule has 1 aromatic carbocycles. The molecular formula is C19H27N5O7. The zero-order chi connectivity index (χ0) is 22.4. The predicted molar refractivity (Wildman–Crippen MR) is 107 cm³/mol. The van der Waals surface area contributed by atoms with Crippen molar-refractivity contribution in [3.05, 3.63) is 35.9 Å². The molecule has 2 heterocycles.